The fourth-order valence-electron chi connectivity index (χ4n) is 1.22. The van der Waals surface area contributed by atoms with Gasteiger partial charge in [0, 0.05) is 5.56 Å². The van der Waals surface area contributed by atoms with Crippen molar-refractivity contribution < 1.29 is 23.0 Å². The summed E-state index contributed by atoms with van der Waals surface area (Å²) >= 11 is 0. The molecule has 0 saturated carbocycles. The van der Waals surface area contributed by atoms with Crippen molar-refractivity contribution in [2.75, 3.05) is 0 Å². The molecule has 2 nitrogen and oxygen atoms in total. The summed E-state index contributed by atoms with van der Waals surface area (Å²) in [6.45, 7) is 2.31. The summed E-state index contributed by atoms with van der Waals surface area (Å²) in [5.74, 6) is -0.338. The van der Waals surface area contributed by atoms with Crippen LogP contribution in [0.2, 0.25) is 0 Å². The van der Waals surface area contributed by atoms with E-state index < -0.39 is 6.36 Å². The zero-order valence-electron chi connectivity index (χ0n) is 8.01. The van der Waals surface area contributed by atoms with Gasteiger partial charge in [0.1, 0.15) is 12.4 Å². The van der Waals surface area contributed by atoms with E-state index in [-0.39, 0.29) is 11.3 Å². The Morgan fingerprint density at radius 1 is 1.40 bits per heavy atom. The number of hydrogen-bond donors (Lipinski definition) is 1. The monoisotopic (exact) mass is 219 g/mol. The largest absolute Gasteiger partial charge is 0.573 e. The number of para-hydroxylation sites is 1. The minimum Gasteiger partial charge on any atom is -0.405 e. The maximum Gasteiger partial charge on any atom is 0.573 e. The van der Waals surface area contributed by atoms with Crippen molar-refractivity contribution in [3.05, 3.63) is 35.9 Å². The first-order valence-corrected chi connectivity index (χ1v) is 4.33. The Labute approximate surface area is 85.3 Å². The SMILES string of the molecule is CCc1cccc([CH]O)c1OC(F)(F)F. The molecule has 0 aliphatic rings. The molecular weight excluding hydrogens is 209 g/mol. The van der Waals surface area contributed by atoms with Crippen molar-refractivity contribution in [3.8, 4) is 5.75 Å². The van der Waals surface area contributed by atoms with Gasteiger partial charge < -0.3 is 9.84 Å². The quantitative estimate of drug-likeness (QED) is 0.846. The molecule has 0 unspecified atom stereocenters. The summed E-state index contributed by atoms with van der Waals surface area (Å²) in [7, 11) is 0. The van der Waals surface area contributed by atoms with Crippen molar-refractivity contribution in [3.63, 3.8) is 0 Å². The lowest BCUT2D eigenvalue weighted by Gasteiger charge is -2.15. The van der Waals surface area contributed by atoms with Crippen LogP contribution in [-0.2, 0) is 6.42 Å². The lowest BCUT2D eigenvalue weighted by atomic mass is 10.1. The van der Waals surface area contributed by atoms with E-state index in [2.05, 4.69) is 4.74 Å². The molecule has 0 saturated heterocycles. The summed E-state index contributed by atoms with van der Waals surface area (Å²) in [4.78, 5) is 0. The zero-order valence-corrected chi connectivity index (χ0v) is 8.01. The van der Waals surface area contributed by atoms with Crippen molar-refractivity contribution in [1.29, 1.82) is 0 Å². The molecule has 0 spiro atoms. The third-order valence-electron chi connectivity index (χ3n) is 1.86. The highest BCUT2D eigenvalue weighted by molar-refractivity contribution is 5.44. The average molecular weight is 219 g/mol. The molecule has 1 aromatic rings. The third kappa shape index (κ3) is 3.13. The van der Waals surface area contributed by atoms with Gasteiger partial charge >= 0.3 is 6.36 Å². The second-order valence-electron chi connectivity index (χ2n) is 2.87. The fraction of sp³-hybridized carbons (Fsp3) is 0.300. The van der Waals surface area contributed by atoms with Crippen LogP contribution >= 0.6 is 0 Å². The Balaban J connectivity index is 3.11. The van der Waals surface area contributed by atoms with Gasteiger partial charge in [0.05, 0.1) is 0 Å². The number of ether oxygens (including phenoxy) is 1. The van der Waals surface area contributed by atoms with Gasteiger partial charge in [-0.2, -0.15) is 0 Å². The van der Waals surface area contributed by atoms with E-state index in [0.717, 1.165) is 0 Å². The summed E-state index contributed by atoms with van der Waals surface area (Å²) in [6.07, 6.45) is -4.35. The highest BCUT2D eigenvalue weighted by atomic mass is 19.4. The number of halogens is 3. The number of alkyl halides is 3. The van der Waals surface area contributed by atoms with Crippen LogP contribution in [0.1, 0.15) is 18.1 Å². The van der Waals surface area contributed by atoms with E-state index in [0.29, 0.717) is 18.6 Å². The lowest BCUT2D eigenvalue weighted by molar-refractivity contribution is -0.275. The molecule has 0 bridgehead atoms. The molecule has 0 fully saturated rings. The highest BCUT2D eigenvalue weighted by Crippen LogP contribution is 2.30. The van der Waals surface area contributed by atoms with Crippen LogP contribution in [0.4, 0.5) is 13.2 Å². The summed E-state index contributed by atoms with van der Waals surface area (Å²) in [5.41, 5.74) is 0.418. The molecular formula is C10H10F3O2. The Kier molecular flexibility index (Phi) is 3.57. The van der Waals surface area contributed by atoms with Crippen LogP contribution in [0.5, 0.6) is 5.75 Å². The van der Waals surface area contributed by atoms with E-state index >= 15 is 0 Å². The lowest BCUT2D eigenvalue weighted by Crippen LogP contribution is -2.19. The number of hydrogen-bond acceptors (Lipinski definition) is 2. The van der Waals surface area contributed by atoms with E-state index in [1.165, 1.54) is 12.1 Å². The van der Waals surface area contributed by atoms with E-state index in [1.807, 2.05) is 0 Å². The van der Waals surface area contributed by atoms with Gasteiger partial charge in [0.25, 0.3) is 0 Å². The zero-order chi connectivity index (χ0) is 11.5. The normalized spacial score (nSPS) is 11.5. The first kappa shape index (κ1) is 11.8. The van der Waals surface area contributed by atoms with Crippen LogP contribution in [0.3, 0.4) is 0 Å². The van der Waals surface area contributed by atoms with Gasteiger partial charge in [-0.15, -0.1) is 13.2 Å². The van der Waals surface area contributed by atoms with Gasteiger partial charge in [0.2, 0.25) is 0 Å². The van der Waals surface area contributed by atoms with Crippen LogP contribution < -0.4 is 4.74 Å². The highest BCUT2D eigenvalue weighted by Gasteiger charge is 2.32. The van der Waals surface area contributed by atoms with Gasteiger partial charge in [-0.3, -0.25) is 0 Å². The number of aliphatic hydroxyl groups is 1. The third-order valence-corrected chi connectivity index (χ3v) is 1.86. The first-order valence-electron chi connectivity index (χ1n) is 4.33. The summed E-state index contributed by atoms with van der Waals surface area (Å²) in [6, 6.07) is 4.43. The van der Waals surface area contributed by atoms with Gasteiger partial charge in [0.15, 0.2) is 0 Å². The predicted octanol–water partition coefficient (Wildman–Crippen LogP) is 3.03. The maximum absolute atomic E-state index is 12.1. The molecule has 0 heterocycles. The molecule has 15 heavy (non-hydrogen) atoms. The molecule has 0 aliphatic heterocycles. The van der Waals surface area contributed by atoms with Crippen LogP contribution in [0.25, 0.3) is 0 Å². The van der Waals surface area contributed by atoms with Crippen LogP contribution in [0.15, 0.2) is 18.2 Å². The second-order valence-corrected chi connectivity index (χ2v) is 2.87. The van der Waals surface area contributed by atoms with Crippen molar-refractivity contribution in [1.82, 2.24) is 0 Å². The van der Waals surface area contributed by atoms with E-state index in [1.54, 1.807) is 13.0 Å². The molecule has 5 heteroatoms. The smallest absolute Gasteiger partial charge is 0.405 e. The Bertz CT molecular complexity index is 312. The molecule has 83 valence electrons. The van der Waals surface area contributed by atoms with E-state index in [9.17, 15) is 13.2 Å². The summed E-state index contributed by atoms with van der Waals surface area (Å²) < 4.78 is 40.0. The van der Waals surface area contributed by atoms with Gasteiger partial charge in [-0.1, -0.05) is 25.1 Å². The molecule has 1 aromatic carbocycles. The van der Waals surface area contributed by atoms with Crippen LogP contribution in [0, 0.1) is 6.61 Å². The van der Waals surface area contributed by atoms with E-state index in [4.69, 9.17) is 5.11 Å². The number of aliphatic hydroxyl groups excluding tert-OH is 1. The number of rotatable bonds is 3. The number of aryl methyl sites for hydroxylation is 1. The van der Waals surface area contributed by atoms with Gasteiger partial charge in [-0.05, 0) is 12.0 Å². The molecule has 0 aliphatic carbocycles. The molecule has 1 radical (unpaired) electrons. The first-order chi connectivity index (χ1) is 6.98. The minimum absolute atomic E-state index is 0.0201. The Morgan fingerprint density at radius 3 is 2.53 bits per heavy atom. The Morgan fingerprint density at radius 2 is 2.07 bits per heavy atom. The van der Waals surface area contributed by atoms with Crippen molar-refractivity contribution in [2.24, 2.45) is 0 Å². The minimum atomic E-state index is -4.75. The van der Waals surface area contributed by atoms with Crippen molar-refractivity contribution in [2.45, 2.75) is 19.7 Å². The molecule has 1 rings (SSSR count). The predicted molar refractivity (Wildman–Crippen MR) is 47.8 cm³/mol. The fourth-order valence-corrected chi connectivity index (χ4v) is 1.22. The van der Waals surface area contributed by atoms with Crippen molar-refractivity contribution >= 4 is 0 Å². The average Bonchev–Trinajstić information content (AvgIpc) is 2.16. The van der Waals surface area contributed by atoms with Gasteiger partial charge in [-0.25, -0.2) is 0 Å². The molecule has 0 aromatic heterocycles. The maximum atomic E-state index is 12.1. The molecule has 0 atom stereocenters. The summed E-state index contributed by atoms with van der Waals surface area (Å²) in [5, 5.41) is 8.76. The topological polar surface area (TPSA) is 29.5 Å². The number of benzene rings is 1. The standard InChI is InChI=1S/C10H10F3O2/c1-2-7-4-3-5-8(6-14)9(7)15-10(11,12)13/h3-6,14H,2H2,1H3. The van der Waals surface area contributed by atoms with Crippen LogP contribution in [-0.4, -0.2) is 11.5 Å². The molecule has 0 amide bonds. The molecule has 1 N–H and O–H groups in total. The Hall–Kier alpha value is -1.23. The second kappa shape index (κ2) is 4.53.